The molecule has 4 nitrogen and oxygen atoms in total. The van der Waals surface area contributed by atoms with Crippen LogP contribution in [0.25, 0.3) is 11.3 Å². The van der Waals surface area contributed by atoms with Gasteiger partial charge in [0.2, 0.25) is 0 Å². The summed E-state index contributed by atoms with van der Waals surface area (Å²) in [6, 6.07) is 8.43. The number of halogens is 3. The van der Waals surface area contributed by atoms with Crippen molar-refractivity contribution < 1.29 is 18.3 Å². The molecule has 23 heavy (non-hydrogen) atoms. The molecule has 0 bridgehead atoms. The minimum Gasteiger partial charge on any atom is -0.468 e. The SMILES string of the molecule is COCOc1ccc(-c2ccc(Br)c(=O)n2CC(F)F)c(C)c1. The lowest BCUT2D eigenvalue weighted by Gasteiger charge is -2.16. The first-order valence-corrected chi connectivity index (χ1v) is 7.63. The Kier molecular flexibility index (Phi) is 5.90. The Morgan fingerprint density at radius 3 is 2.61 bits per heavy atom. The fourth-order valence-corrected chi connectivity index (χ4v) is 2.59. The van der Waals surface area contributed by atoms with E-state index in [4.69, 9.17) is 9.47 Å². The van der Waals surface area contributed by atoms with Crippen LogP contribution in [0.1, 0.15) is 5.56 Å². The highest BCUT2D eigenvalue weighted by atomic mass is 79.9. The Labute approximate surface area is 140 Å². The second kappa shape index (κ2) is 7.70. The quantitative estimate of drug-likeness (QED) is 0.707. The Balaban J connectivity index is 2.49. The van der Waals surface area contributed by atoms with Crippen molar-refractivity contribution in [3.63, 3.8) is 0 Å². The fraction of sp³-hybridized carbons (Fsp3) is 0.312. The molecule has 0 aliphatic carbocycles. The Hall–Kier alpha value is -1.73. The largest absolute Gasteiger partial charge is 0.468 e. The van der Waals surface area contributed by atoms with Crippen molar-refractivity contribution >= 4 is 15.9 Å². The maximum Gasteiger partial charge on any atom is 0.265 e. The standard InChI is InChI=1S/C16H16BrF2NO3/c1-10-7-11(23-9-22-2)3-4-12(10)14-6-5-13(17)16(21)20(14)8-15(18)19/h3-7,15H,8-9H2,1-2H3. The Morgan fingerprint density at radius 2 is 2.00 bits per heavy atom. The van der Waals surface area contributed by atoms with Crippen LogP contribution in [-0.4, -0.2) is 24.9 Å². The summed E-state index contributed by atoms with van der Waals surface area (Å²) < 4.78 is 37.2. The van der Waals surface area contributed by atoms with Gasteiger partial charge in [-0.2, -0.15) is 0 Å². The lowest BCUT2D eigenvalue weighted by molar-refractivity contribution is 0.0511. The van der Waals surface area contributed by atoms with Gasteiger partial charge in [-0.15, -0.1) is 0 Å². The van der Waals surface area contributed by atoms with Crippen LogP contribution in [0.15, 0.2) is 39.6 Å². The van der Waals surface area contributed by atoms with Crippen molar-refractivity contribution in [3.05, 3.63) is 50.7 Å². The molecule has 124 valence electrons. The summed E-state index contributed by atoms with van der Waals surface area (Å²) in [5.74, 6) is 0.605. The van der Waals surface area contributed by atoms with E-state index in [0.717, 1.165) is 10.1 Å². The van der Waals surface area contributed by atoms with Crippen LogP contribution >= 0.6 is 15.9 Å². The van der Waals surface area contributed by atoms with Crippen molar-refractivity contribution in [1.82, 2.24) is 4.57 Å². The maximum absolute atomic E-state index is 12.8. The van der Waals surface area contributed by atoms with Crippen molar-refractivity contribution in [2.24, 2.45) is 0 Å². The van der Waals surface area contributed by atoms with Gasteiger partial charge in [0, 0.05) is 12.7 Å². The number of alkyl halides is 2. The fourth-order valence-electron chi connectivity index (χ4n) is 2.25. The van der Waals surface area contributed by atoms with E-state index in [-0.39, 0.29) is 11.3 Å². The van der Waals surface area contributed by atoms with Crippen molar-refractivity contribution in [2.75, 3.05) is 13.9 Å². The first kappa shape index (κ1) is 17.6. The molecule has 0 saturated carbocycles. The summed E-state index contributed by atoms with van der Waals surface area (Å²) in [6.45, 7) is 1.29. The topological polar surface area (TPSA) is 40.5 Å². The maximum atomic E-state index is 12.8. The summed E-state index contributed by atoms with van der Waals surface area (Å²) in [6.07, 6.45) is -2.62. The predicted octanol–water partition coefficient (Wildman–Crippen LogP) is 3.83. The molecule has 2 aromatic rings. The molecule has 0 N–H and O–H groups in total. The summed E-state index contributed by atoms with van der Waals surface area (Å²) in [4.78, 5) is 12.2. The summed E-state index contributed by atoms with van der Waals surface area (Å²) >= 11 is 3.09. The molecule has 0 spiro atoms. The highest BCUT2D eigenvalue weighted by Crippen LogP contribution is 2.27. The summed E-state index contributed by atoms with van der Waals surface area (Å²) in [7, 11) is 1.52. The minimum atomic E-state index is -2.62. The molecule has 0 aliphatic heterocycles. The van der Waals surface area contributed by atoms with Crippen LogP contribution in [0.5, 0.6) is 5.75 Å². The number of aryl methyl sites for hydroxylation is 1. The second-order valence-electron chi connectivity index (χ2n) is 4.90. The molecule has 0 fully saturated rings. The van der Waals surface area contributed by atoms with E-state index >= 15 is 0 Å². The summed E-state index contributed by atoms with van der Waals surface area (Å²) in [5, 5.41) is 0. The Morgan fingerprint density at radius 1 is 1.26 bits per heavy atom. The molecule has 2 rings (SSSR count). The van der Waals surface area contributed by atoms with E-state index in [2.05, 4.69) is 15.9 Å². The average molecular weight is 388 g/mol. The number of rotatable bonds is 6. The third kappa shape index (κ3) is 4.17. The third-order valence-corrected chi connectivity index (χ3v) is 3.87. The van der Waals surface area contributed by atoms with E-state index in [1.54, 1.807) is 30.3 Å². The Bertz CT molecular complexity index is 747. The number of hydrogen-bond donors (Lipinski definition) is 0. The van der Waals surface area contributed by atoms with Crippen LogP contribution < -0.4 is 10.3 Å². The van der Waals surface area contributed by atoms with E-state index in [9.17, 15) is 13.6 Å². The monoisotopic (exact) mass is 387 g/mol. The van der Waals surface area contributed by atoms with Gasteiger partial charge in [-0.05, 0) is 58.7 Å². The van der Waals surface area contributed by atoms with Gasteiger partial charge < -0.3 is 14.0 Å². The molecule has 7 heteroatoms. The van der Waals surface area contributed by atoms with Crippen molar-refractivity contribution in [2.45, 2.75) is 19.9 Å². The number of benzene rings is 1. The van der Waals surface area contributed by atoms with Gasteiger partial charge in [-0.1, -0.05) is 0 Å². The smallest absolute Gasteiger partial charge is 0.265 e. The van der Waals surface area contributed by atoms with Crippen LogP contribution in [0.3, 0.4) is 0 Å². The van der Waals surface area contributed by atoms with E-state index < -0.39 is 18.5 Å². The van der Waals surface area contributed by atoms with Gasteiger partial charge in [0.25, 0.3) is 12.0 Å². The molecule has 1 aromatic heterocycles. The number of nitrogens with zero attached hydrogens (tertiary/aromatic N) is 1. The molecular weight excluding hydrogens is 372 g/mol. The van der Waals surface area contributed by atoms with Crippen LogP contribution in [-0.2, 0) is 11.3 Å². The second-order valence-corrected chi connectivity index (χ2v) is 5.76. The lowest BCUT2D eigenvalue weighted by atomic mass is 10.0. The number of methoxy groups -OCH3 is 1. The van der Waals surface area contributed by atoms with Gasteiger partial charge >= 0.3 is 0 Å². The zero-order valence-electron chi connectivity index (χ0n) is 12.7. The van der Waals surface area contributed by atoms with Gasteiger partial charge in [0.1, 0.15) is 5.75 Å². The first-order valence-electron chi connectivity index (χ1n) is 6.84. The first-order chi connectivity index (χ1) is 10.9. The van der Waals surface area contributed by atoms with Gasteiger partial charge in [0.15, 0.2) is 6.79 Å². The molecule has 1 heterocycles. The number of pyridine rings is 1. The molecule has 0 saturated heterocycles. The molecular formula is C16H16BrF2NO3. The number of ether oxygens (including phenoxy) is 2. The van der Waals surface area contributed by atoms with E-state index in [1.165, 1.54) is 7.11 Å². The van der Waals surface area contributed by atoms with Gasteiger partial charge in [0.05, 0.1) is 16.7 Å². The number of aromatic nitrogens is 1. The molecule has 0 amide bonds. The highest BCUT2D eigenvalue weighted by molar-refractivity contribution is 9.10. The molecule has 0 atom stereocenters. The normalized spacial score (nSPS) is 11.0. The van der Waals surface area contributed by atoms with Gasteiger partial charge in [-0.3, -0.25) is 4.79 Å². The van der Waals surface area contributed by atoms with Gasteiger partial charge in [-0.25, -0.2) is 8.78 Å². The predicted molar refractivity (Wildman–Crippen MR) is 87.1 cm³/mol. The molecule has 0 aliphatic rings. The minimum absolute atomic E-state index is 0.118. The highest BCUT2D eigenvalue weighted by Gasteiger charge is 2.15. The molecule has 1 aromatic carbocycles. The number of hydrogen-bond acceptors (Lipinski definition) is 3. The zero-order chi connectivity index (χ0) is 17.0. The molecule has 0 unspecified atom stereocenters. The van der Waals surface area contributed by atoms with Crippen molar-refractivity contribution in [3.8, 4) is 17.0 Å². The lowest BCUT2D eigenvalue weighted by Crippen LogP contribution is -2.25. The van der Waals surface area contributed by atoms with Crippen LogP contribution in [0.2, 0.25) is 0 Å². The third-order valence-electron chi connectivity index (χ3n) is 3.27. The summed E-state index contributed by atoms with van der Waals surface area (Å²) in [5.41, 5.74) is 1.46. The van der Waals surface area contributed by atoms with E-state index in [1.807, 2.05) is 6.92 Å². The van der Waals surface area contributed by atoms with E-state index in [0.29, 0.717) is 17.0 Å². The molecule has 0 radical (unpaired) electrons. The van der Waals surface area contributed by atoms with Crippen LogP contribution in [0, 0.1) is 6.92 Å². The average Bonchev–Trinajstić information content (AvgIpc) is 2.50. The van der Waals surface area contributed by atoms with Crippen molar-refractivity contribution in [1.29, 1.82) is 0 Å². The van der Waals surface area contributed by atoms with Crippen LogP contribution in [0.4, 0.5) is 8.78 Å². The zero-order valence-corrected chi connectivity index (χ0v) is 14.3.